The van der Waals surface area contributed by atoms with Gasteiger partial charge in [-0.05, 0) is 30.0 Å². The molecule has 0 bridgehead atoms. The van der Waals surface area contributed by atoms with Crippen molar-refractivity contribution < 1.29 is 9.53 Å². The van der Waals surface area contributed by atoms with Gasteiger partial charge in [0.05, 0.1) is 0 Å². The van der Waals surface area contributed by atoms with E-state index in [0.717, 1.165) is 27.6 Å². The third-order valence-corrected chi connectivity index (χ3v) is 4.69. The molecule has 4 rings (SSSR count). The van der Waals surface area contributed by atoms with E-state index in [4.69, 9.17) is 4.74 Å². The Morgan fingerprint density at radius 1 is 0.786 bits per heavy atom. The Hall–Kier alpha value is -3.59. The molecule has 28 heavy (non-hydrogen) atoms. The summed E-state index contributed by atoms with van der Waals surface area (Å²) in [5.74, 6) is 0.522. The van der Waals surface area contributed by atoms with Gasteiger partial charge in [0.2, 0.25) is 0 Å². The molecule has 138 valence electrons. The van der Waals surface area contributed by atoms with Crippen molar-refractivity contribution in [1.29, 1.82) is 0 Å². The molecular weight excluding hydrogens is 346 g/mol. The molecule has 0 aliphatic rings. The summed E-state index contributed by atoms with van der Waals surface area (Å²) in [7, 11) is 0. The topological polar surface area (TPSA) is 38.3 Å². The van der Waals surface area contributed by atoms with E-state index in [-0.39, 0.29) is 5.91 Å². The first-order valence-electron chi connectivity index (χ1n) is 9.32. The minimum atomic E-state index is -0.630. The van der Waals surface area contributed by atoms with Crippen molar-refractivity contribution in [3.63, 3.8) is 0 Å². The highest BCUT2D eigenvalue weighted by Crippen LogP contribution is 2.29. The van der Waals surface area contributed by atoms with E-state index in [9.17, 15) is 4.79 Å². The number of fused-ring (bicyclic) bond motifs is 1. The van der Waals surface area contributed by atoms with Crippen molar-refractivity contribution in [2.75, 3.05) is 5.32 Å². The number of amides is 1. The quantitative estimate of drug-likeness (QED) is 0.476. The van der Waals surface area contributed by atoms with Crippen LogP contribution in [-0.4, -0.2) is 12.0 Å². The summed E-state index contributed by atoms with van der Waals surface area (Å²) in [6.07, 6.45) is -0.630. The third-order valence-electron chi connectivity index (χ3n) is 4.69. The van der Waals surface area contributed by atoms with Crippen molar-refractivity contribution in [3.05, 3.63) is 97.1 Å². The summed E-state index contributed by atoms with van der Waals surface area (Å²) in [4.78, 5) is 12.8. The Morgan fingerprint density at radius 2 is 1.46 bits per heavy atom. The predicted octanol–water partition coefficient (Wildman–Crippen LogP) is 5.91. The lowest BCUT2D eigenvalue weighted by Crippen LogP contribution is -2.30. The first-order valence-corrected chi connectivity index (χ1v) is 9.32. The van der Waals surface area contributed by atoms with Crippen molar-refractivity contribution in [3.8, 4) is 16.9 Å². The van der Waals surface area contributed by atoms with Crippen LogP contribution in [0.15, 0.2) is 97.1 Å². The molecule has 0 aliphatic carbocycles. The van der Waals surface area contributed by atoms with Crippen LogP contribution >= 0.6 is 0 Å². The van der Waals surface area contributed by atoms with Crippen molar-refractivity contribution in [1.82, 2.24) is 0 Å². The highest BCUT2D eigenvalue weighted by molar-refractivity contribution is 5.98. The van der Waals surface area contributed by atoms with Gasteiger partial charge in [0, 0.05) is 16.6 Å². The normalized spacial score (nSPS) is 11.8. The molecule has 0 heterocycles. The number of carbonyl (C=O) groups excluding carboxylic acids is 1. The van der Waals surface area contributed by atoms with Gasteiger partial charge in [0.25, 0.3) is 5.91 Å². The fourth-order valence-electron chi connectivity index (χ4n) is 3.24. The number of benzene rings is 4. The van der Waals surface area contributed by atoms with E-state index < -0.39 is 6.10 Å². The van der Waals surface area contributed by atoms with Crippen LogP contribution in [0.3, 0.4) is 0 Å². The van der Waals surface area contributed by atoms with Gasteiger partial charge in [-0.15, -0.1) is 0 Å². The maximum absolute atomic E-state index is 12.8. The summed E-state index contributed by atoms with van der Waals surface area (Å²) in [5.41, 5.74) is 2.81. The molecule has 0 radical (unpaired) electrons. The summed E-state index contributed by atoms with van der Waals surface area (Å²) in [6.45, 7) is 1.77. The van der Waals surface area contributed by atoms with Crippen LogP contribution in [0.1, 0.15) is 6.92 Å². The summed E-state index contributed by atoms with van der Waals surface area (Å²) >= 11 is 0. The highest BCUT2D eigenvalue weighted by Gasteiger charge is 2.17. The summed E-state index contributed by atoms with van der Waals surface area (Å²) in [5, 5.41) is 5.09. The number of hydrogen-bond donors (Lipinski definition) is 1. The molecule has 0 saturated carbocycles. The molecule has 1 amide bonds. The number of nitrogens with one attached hydrogen (secondary N) is 1. The smallest absolute Gasteiger partial charge is 0.265 e. The molecule has 3 heteroatoms. The second kappa shape index (κ2) is 7.97. The number of carbonyl (C=O) groups is 1. The Labute approximate surface area is 164 Å². The standard InChI is InChI=1S/C25H21NO2/c1-18(28-24-17-9-13-20-12-5-6-15-22(20)24)25(27)26-23-16-8-7-14-21(23)19-10-3-2-4-11-19/h2-18H,1H3,(H,26,27)/t18-/m0/s1. The number of hydrogen-bond acceptors (Lipinski definition) is 2. The molecule has 0 spiro atoms. The minimum absolute atomic E-state index is 0.184. The summed E-state index contributed by atoms with van der Waals surface area (Å²) < 4.78 is 6.00. The monoisotopic (exact) mass is 367 g/mol. The minimum Gasteiger partial charge on any atom is -0.480 e. The van der Waals surface area contributed by atoms with Crippen LogP contribution in [0.25, 0.3) is 21.9 Å². The second-order valence-corrected chi connectivity index (χ2v) is 6.64. The van der Waals surface area contributed by atoms with E-state index in [0.29, 0.717) is 5.75 Å². The van der Waals surface area contributed by atoms with Gasteiger partial charge >= 0.3 is 0 Å². The maximum Gasteiger partial charge on any atom is 0.265 e. The fraction of sp³-hybridized carbons (Fsp3) is 0.0800. The third kappa shape index (κ3) is 3.74. The van der Waals surface area contributed by atoms with Crippen LogP contribution in [0.4, 0.5) is 5.69 Å². The molecule has 1 atom stereocenters. The molecule has 4 aromatic rings. The van der Waals surface area contributed by atoms with Gasteiger partial charge in [-0.2, -0.15) is 0 Å². The van der Waals surface area contributed by atoms with Crippen molar-refractivity contribution >= 4 is 22.4 Å². The molecule has 1 N–H and O–H groups in total. The van der Waals surface area contributed by atoms with E-state index in [1.54, 1.807) is 6.92 Å². The van der Waals surface area contributed by atoms with E-state index in [1.807, 2.05) is 97.1 Å². The van der Waals surface area contributed by atoms with Gasteiger partial charge < -0.3 is 10.1 Å². The van der Waals surface area contributed by atoms with Crippen LogP contribution in [0.5, 0.6) is 5.75 Å². The molecule has 0 aromatic heterocycles. The van der Waals surface area contributed by atoms with Crippen molar-refractivity contribution in [2.45, 2.75) is 13.0 Å². The zero-order valence-electron chi connectivity index (χ0n) is 15.6. The average molecular weight is 367 g/mol. The molecule has 4 aromatic carbocycles. The molecule has 0 unspecified atom stereocenters. The van der Waals surface area contributed by atoms with E-state index in [2.05, 4.69) is 5.32 Å². The first kappa shape index (κ1) is 17.8. The van der Waals surface area contributed by atoms with Gasteiger partial charge in [0.1, 0.15) is 5.75 Å². The van der Waals surface area contributed by atoms with Crippen LogP contribution in [-0.2, 0) is 4.79 Å². The highest BCUT2D eigenvalue weighted by atomic mass is 16.5. The SMILES string of the molecule is C[C@H](Oc1cccc2ccccc12)C(=O)Nc1ccccc1-c1ccccc1. The molecule has 3 nitrogen and oxygen atoms in total. The molecular formula is C25H21NO2. The number of ether oxygens (including phenoxy) is 1. The Kier molecular flexibility index (Phi) is 5.07. The Balaban J connectivity index is 1.54. The van der Waals surface area contributed by atoms with Gasteiger partial charge in [-0.3, -0.25) is 4.79 Å². The summed E-state index contributed by atoms with van der Waals surface area (Å²) in [6, 6.07) is 31.6. The average Bonchev–Trinajstić information content (AvgIpc) is 2.75. The maximum atomic E-state index is 12.8. The van der Waals surface area contributed by atoms with Crippen molar-refractivity contribution in [2.24, 2.45) is 0 Å². The van der Waals surface area contributed by atoms with Crippen LogP contribution in [0.2, 0.25) is 0 Å². The van der Waals surface area contributed by atoms with E-state index in [1.165, 1.54) is 0 Å². The largest absolute Gasteiger partial charge is 0.480 e. The predicted molar refractivity (Wildman–Crippen MR) is 115 cm³/mol. The molecule has 0 fully saturated rings. The van der Waals surface area contributed by atoms with Gasteiger partial charge in [-0.1, -0.05) is 84.9 Å². The number of rotatable bonds is 5. The second-order valence-electron chi connectivity index (χ2n) is 6.64. The zero-order chi connectivity index (χ0) is 19.3. The first-order chi connectivity index (χ1) is 13.7. The van der Waals surface area contributed by atoms with E-state index >= 15 is 0 Å². The zero-order valence-corrected chi connectivity index (χ0v) is 15.6. The number of para-hydroxylation sites is 1. The van der Waals surface area contributed by atoms with Gasteiger partial charge in [0.15, 0.2) is 6.10 Å². The Morgan fingerprint density at radius 3 is 2.32 bits per heavy atom. The number of anilines is 1. The lowest BCUT2D eigenvalue weighted by Gasteiger charge is -2.17. The lowest BCUT2D eigenvalue weighted by molar-refractivity contribution is -0.122. The van der Waals surface area contributed by atoms with Crippen LogP contribution in [0, 0.1) is 0 Å². The molecule has 0 saturated heterocycles. The molecule has 0 aliphatic heterocycles. The van der Waals surface area contributed by atoms with Crippen LogP contribution < -0.4 is 10.1 Å². The van der Waals surface area contributed by atoms with Gasteiger partial charge in [-0.25, -0.2) is 0 Å². The fourth-order valence-corrected chi connectivity index (χ4v) is 3.24. The Bertz CT molecular complexity index is 1100. The lowest BCUT2D eigenvalue weighted by atomic mass is 10.0.